The molecule has 1 aromatic carbocycles. The van der Waals surface area contributed by atoms with Crippen molar-refractivity contribution in [3.8, 4) is 0 Å². The maximum atomic E-state index is 3.44. The smallest absolute Gasteiger partial charge is 0.0192 e. The van der Waals surface area contributed by atoms with Gasteiger partial charge in [-0.15, -0.1) is 0 Å². The summed E-state index contributed by atoms with van der Waals surface area (Å²) >= 11 is 0. The molecule has 1 heterocycles. The van der Waals surface area contributed by atoms with Crippen molar-refractivity contribution in [3.05, 3.63) is 35.9 Å². The van der Waals surface area contributed by atoms with Gasteiger partial charge in [0.15, 0.2) is 0 Å². The highest BCUT2D eigenvalue weighted by molar-refractivity contribution is 5.18. The fourth-order valence-electron chi connectivity index (χ4n) is 2.52. The Morgan fingerprint density at radius 1 is 1.35 bits per heavy atom. The van der Waals surface area contributed by atoms with Gasteiger partial charge in [0.25, 0.3) is 0 Å². The predicted octanol–water partition coefficient (Wildman–Crippen LogP) is 2.47. The van der Waals surface area contributed by atoms with Gasteiger partial charge >= 0.3 is 0 Å². The first-order chi connectivity index (χ1) is 8.27. The van der Waals surface area contributed by atoms with Crippen LogP contribution < -0.4 is 5.32 Å². The topological polar surface area (TPSA) is 15.3 Å². The summed E-state index contributed by atoms with van der Waals surface area (Å²) in [6, 6.07) is 11.5. The number of rotatable bonds is 4. The van der Waals surface area contributed by atoms with Gasteiger partial charge in [-0.3, -0.25) is 4.90 Å². The molecule has 1 aromatic rings. The highest BCUT2D eigenvalue weighted by atomic mass is 15.2. The van der Waals surface area contributed by atoms with Crippen LogP contribution in [0.2, 0.25) is 0 Å². The van der Waals surface area contributed by atoms with Crippen LogP contribution in [0.1, 0.15) is 31.7 Å². The maximum absolute atomic E-state index is 3.44. The van der Waals surface area contributed by atoms with Crippen molar-refractivity contribution in [1.29, 1.82) is 0 Å². The second-order valence-corrected chi connectivity index (χ2v) is 5.19. The van der Waals surface area contributed by atoms with Crippen LogP contribution in [-0.4, -0.2) is 37.1 Å². The Kier molecular flexibility index (Phi) is 4.57. The van der Waals surface area contributed by atoms with Crippen LogP contribution in [0.25, 0.3) is 0 Å². The Morgan fingerprint density at radius 3 is 2.82 bits per heavy atom. The fourth-order valence-corrected chi connectivity index (χ4v) is 2.52. The molecule has 2 nitrogen and oxygen atoms in total. The molecule has 2 heteroatoms. The summed E-state index contributed by atoms with van der Waals surface area (Å²) in [6.45, 7) is 9.35. The molecular weight excluding hydrogens is 208 g/mol. The largest absolute Gasteiger partial charge is 0.314 e. The molecule has 1 N–H and O–H groups in total. The summed E-state index contributed by atoms with van der Waals surface area (Å²) in [5, 5.41) is 3.44. The zero-order valence-electron chi connectivity index (χ0n) is 11.0. The average molecular weight is 232 g/mol. The van der Waals surface area contributed by atoms with E-state index in [1.54, 1.807) is 0 Å². The molecule has 2 rings (SSSR count). The lowest BCUT2D eigenvalue weighted by Crippen LogP contribution is -2.50. The van der Waals surface area contributed by atoms with Crippen molar-refractivity contribution < 1.29 is 0 Å². The predicted molar refractivity (Wildman–Crippen MR) is 73.4 cm³/mol. The molecule has 0 amide bonds. The molecule has 1 fully saturated rings. The van der Waals surface area contributed by atoms with E-state index in [4.69, 9.17) is 0 Å². The van der Waals surface area contributed by atoms with Crippen LogP contribution >= 0.6 is 0 Å². The van der Waals surface area contributed by atoms with E-state index in [-0.39, 0.29) is 0 Å². The molecule has 1 aliphatic rings. The lowest BCUT2D eigenvalue weighted by molar-refractivity contribution is 0.169. The molecule has 0 bridgehead atoms. The number of nitrogens with one attached hydrogen (secondary N) is 1. The Balaban J connectivity index is 1.81. The van der Waals surface area contributed by atoms with Crippen LogP contribution in [0, 0.1) is 0 Å². The molecule has 1 aliphatic heterocycles. The lowest BCUT2D eigenvalue weighted by atomic mass is 9.97. The number of hydrogen-bond acceptors (Lipinski definition) is 2. The van der Waals surface area contributed by atoms with E-state index >= 15 is 0 Å². The maximum Gasteiger partial charge on any atom is 0.0192 e. The van der Waals surface area contributed by atoms with E-state index in [9.17, 15) is 0 Å². The first-order valence-corrected chi connectivity index (χ1v) is 6.77. The van der Waals surface area contributed by atoms with E-state index in [1.165, 1.54) is 25.1 Å². The van der Waals surface area contributed by atoms with E-state index in [0.717, 1.165) is 13.1 Å². The summed E-state index contributed by atoms with van der Waals surface area (Å²) in [6.07, 6.45) is 1.26. The minimum absolute atomic E-state index is 0.665. The van der Waals surface area contributed by atoms with Gasteiger partial charge in [0.05, 0.1) is 0 Å². The number of benzene rings is 1. The SMILES string of the molecule is CC(CCN1CCNCC1C)c1ccccc1. The third-order valence-corrected chi connectivity index (χ3v) is 3.86. The van der Waals surface area contributed by atoms with Gasteiger partial charge in [-0.1, -0.05) is 37.3 Å². The zero-order chi connectivity index (χ0) is 12.1. The Bertz CT molecular complexity index is 323. The number of nitrogens with zero attached hydrogens (tertiary/aromatic N) is 1. The molecule has 0 aromatic heterocycles. The van der Waals surface area contributed by atoms with Gasteiger partial charge in [0.1, 0.15) is 0 Å². The molecule has 2 atom stereocenters. The summed E-state index contributed by atoms with van der Waals surface area (Å²) in [4.78, 5) is 2.61. The minimum Gasteiger partial charge on any atom is -0.314 e. The van der Waals surface area contributed by atoms with Crippen molar-refractivity contribution in [2.75, 3.05) is 26.2 Å². The van der Waals surface area contributed by atoms with Crippen LogP contribution in [0.3, 0.4) is 0 Å². The van der Waals surface area contributed by atoms with Gasteiger partial charge in [-0.05, 0) is 31.4 Å². The standard InChI is InChI=1S/C15H24N2/c1-13(15-6-4-3-5-7-15)8-10-17-11-9-16-12-14(17)2/h3-7,13-14,16H,8-12H2,1-2H3. The highest BCUT2D eigenvalue weighted by Crippen LogP contribution is 2.19. The summed E-state index contributed by atoms with van der Waals surface area (Å²) in [5.74, 6) is 0.665. The third kappa shape index (κ3) is 3.55. The lowest BCUT2D eigenvalue weighted by Gasteiger charge is -2.34. The summed E-state index contributed by atoms with van der Waals surface area (Å²) < 4.78 is 0. The summed E-state index contributed by atoms with van der Waals surface area (Å²) in [7, 11) is 0. The van der Waals surface area contributed by atoms with Crippen LogP contribution in [0.4, 0.5) is 0 Å². The van der Waals surface area contributed by atoms with E-state index in [2.05, 4.69) is 54.4 Å². The van der Waals surface area contributed by atoms with Gasteiger partial charge in [-0.2, -0.15) is 0 Å². The van der Waals surface area contributed by atoms with Crippen molar-refractivity contribution >= 4 is 0 Å². The molecule has 94 valence electrons. The fraction of sp³-hybridized carbons (Fsp3) is 0.600. The number of hydrogen-bond donors (Lipinski definition) is 1. The quantitative estimate of drug-likeness (QED) is 0.858. The summed E-state index contributed by atoms with van der Waals surface area (Å²) in [5.41, 5.74) is 1.47. The van der Waals surface area contributed by atoms with Gasteiger partial charge in [0, 0.05) is 25.7 Å². The van der Waals surface area contributed by atoms with Crippen LogP contribution in [0.5, 0.6) is 0 Å². The van der Waals surface area contributed by atoms with Gasteiger partial charge in [-0.25, -0.2) is 0 Å². The van der Waals surface area contributed by atoms with E-state index < -0.39 is 0 Å². The molecule has 0 aliphatic carbocycles. The van der Waals surface area contributed by atoms with Gasteiger partial charge < -0.3 is 5.32 Å². The Hall–Kier alpha value is -0.860. The third-order valence-electron chi connectivity index (χ3n) is 3.86. The second-order valence-electron chi connectivity index (χ2n) is 5.19. The van der Waals surface area contributed by atoms with E-state index in [0.29, 0.717) is 12.0 Å². The first-order valence-electron chi connectivity index (χ1n) is 6.77. The molecule has 0 spiro atoms. The van der Waals surface area contributed by atoms with E-state index in [1.807, 2.05) is 0 Å². The van der Waals surface area contributed by atoms with Crippen LogP contribution in [0.15, 0.2) is 30.3 Å². The highest BCUT2D eigenvalue weighted by Gasteiger charge is 2.18. The second kappa shape index (κ2) is 6.18. The molecule has 0 saturated carbocycles. The van der Waals surface area contributed by atoms with Crippen molar-refractivity contribution in [2.24, 2.45) is 0 Å². The average Bonchev–Trinajstić information content (AvgIpc) is 2.38. The molecule has 0 radical (unpaired) electrons. The normalized spacial score (nSPS) is 23.5. The first kappa shape index (κ1) is 12.6. The Morgan fingerprint density at radius 2 is 2.12 bits per heavy atom. The zero-order valence-corrected chi connectivity index (χ0v) is 11.0. The van der Waals surface area contributed by atoms with Crippen molar-refractivity contribution in [2.45, 2.75) is 32.2 Å². The van der Waals surface area contributed by atoms with Crippen LogP contribution in [-0.2, 0) is 0 Å². The minimum atomic E-state index is 0.665. The van der Waals surface area contributed by atoms with Crippen molar-refractivity contribution in [1.82, 2.24) is 10.2 Å². The molecule has 1 saturated heterocycles. The van der Waals surface area contributed by atoms with Crippen molar-refractivity contribution in [3.63, 3.8) is 0 Å². The monoisotopic (exact) mass is 232 g/mol. The van der Waals surface area contributed by atoms with Gasteiger partial charge in [0.2, 0.25) is 0 Å². The molecular formula is C15H24N2. The number of piperazine rings is 1. The molecule has 2 unspecified atom stereocenters. The molecule has 17 heavy (non-hydrogen) atoms. The Labute approximate surface area is 105 Å².